The van der Waals surface area contributed by atoms with Crippen molar-refractivity contribution in [1.29, 1.82) is 0 Å². The van der Waals surface area contributed by atoms with E-state index in [1.807, 2.05) is 25.1 Å². The van der Waals surface area contributed by atoms with Crippen molar-refractivity contribution >= 4 is 17.0 Å². The summed E-state index contributed by atoms with van der Waals surface area (Å²) in [6, 6.07) is 5.47. The Balaban J connectivity index is 2.59. The van der Waals surface area contributed by atoms with Crippen molar-refractivity contribution in [1.82, 2.24) is 0 Å². The Morgan fingerprint density at radius 2 is 2.27 bits per heavy atom. The number of benzene rings is 1. The largest absolute Gasteiger partial charge is 0.464 e. The van der Waals surface area contributed by atoms with Gasteiger partial charge in [0.1, 0.15) is 5.58 Å². The van der Waals surface area contributed by atoms with Gasteiger partial charge in [-0.15, -0.1) is 0 Å². The van der Waals surface area contributed by atoms with Crippen LogP contribution in [0.5, 0.6) is 0 Å². The van der Waals surface area contributed by atoms with Gasteiger partial charge in [0.25, 0.3) is 0 Å². The molecule has 0 amide bonds. The van der Waals surface area contributed by atoms with Crippen LogP contribution in [0.3, 0.4) is 0 Å². The molecule has 0 aliphatic carbocycles. The molecule has 15 heavy (non-hydrogen) atoms. The fourth-order valence-electron chi connectivity index (χ4n) is 1.56. The molecule has 2 aromatic rings. The monoisotopic (exact) mass is 203 g/mol. The highest BCUT2D eigenvalue weighted by Gasteiger charge is 2.05. The molecule has 0 radical (unpaired) electrons. The Bertz CT molecular complexity index is 540. The molecule has 0 unspecified atom stereocenters. The highest BCUT2D eigenvalue weighted by atomic mass is 16.6. The topological polar surface area (TPSA) is 56.3 Å². The summed E-state index contributed by atoms with van der Waals surface area (Å²) < 4.78 is 5.29. The number of furan rings is 1. The number of hydrogen-bond donors (Lipinski definition) is 0. The molecule has 76 valence electrons. The fraction of sp³-hybridized carbons (Fsp3) is 0.0909. The molecule has 0 atom stereocenters. The van der Waals surface area contributed by atoms with Crippen LogP contribution >= 0.6 is 0 Å². The lowest BCUT2D eigenvalue weighted by molar-refractivity contribution is -0.400. The third-order valence-corrected chi connectivity index (χ3v) is 2.19. The van der Waals surface area contributed by atoms with Gasteiger partial charge in [0.05, 0.1) is 11.2 Å². The first-order valence-electron chi connectivity index (χ1n) is 4.47. The summed E-state index contributed by atoms with van der Waals surface area (Å²) in [5.41, 5.74) is 2.53. The summed E-state index contributed by atoms with van der Waals surface area (Å²) in [6.07, 6.45) is 4.06. The lowest BCUT2D eigenvalue weighted by Gasteiger charge is -1.95. The first kappa shape index (κ1) is 9.45. The van der Waals surface area contributed by atoms with E-state index in [2.05, 4.69) is 0 Å². The minimum Gasteiger partial charge on any atom is -0.464 e. The number of fused-ring (bicyclic) bond motifs is 1. The van der Waals surface area contributed by atoms with E-state index in [4.69, 9.17) is 4.42 Å². The highest BCUT2D eigenvalue weighted by molar-refractivity contribution is 5.89. The molecule has 0 bridgehead atoms. The third kappa shape index (κ3) is 1.74. The second-order valence-corrected chi connectivity index (χ2v) is 3.24. The maximum Gasteiger partial charge on any atom is 0.235 e. The Hall–Kier alpha value is -2.10. The number of nitrogens with zero attached hydrogens (tertiary/aromatic N) is 1. The van der Waals surface area contributed by atoms with Gasteiger partial charge in [-0.3, -0.25) is 10.1 Å². The van der Waals surface area contributed by atoms with Crippen molar-refractivity contribution in [2.24, 2.45) is 0 Å². The summed E-state index contributed by atoms with van der Waals surface area (Å²) in [5.74, 6) is 0. The molecular formula is C11H9NO3. The van der Waals surface area contributed by atoms with Crippen LogP contribution in [0, 0.1) is 17.0 Å². The summed E-state index contributed by atoms with van der Waals surface area (Å²) in [7, 11) is 0. The molecule has 0 saturated heterocycles. The van der Waals surface area contributed by atoms with Crippen molar-refractivity contribution in [3.63, 3.8) is 0 Å². The lowest BCUT2D eigenvalue weighted by atomic mass is 10.1. The van der Waals surface area contributed by atoms with Crippen molar-refractivity contribution in [3.8, 4) is 0 Å². The van der Waals surface area contributed by atoms with E-state index in [1.165, 1.54) is 6.08 Å². The van der Waals surface area contributed by atoms with Crippen LogP contribution in [0.15, 0.2) is 35.1 Å². The molecule has 0 saturated carbocycles. The van der Waals surface area contributed by atoms with Crippen LogP contribution in [0.4, 0.5) is 0 Å². The smallest absolute Gasteiger partial charge is 0.235 e. The molecule has 0 aliphatic heterocycles. The summed E-state index contributed by atoms with van der Waals surface area (Å²) in [5, 5.41) is 11.2. The van der Waals surface area contributed by atoms with E-state index in [0.29, 0.717) is 0 Å². The Labute approximate surface area is 86.0 Å². The van der Waals surface area contributed by atoms with E-state index in [9.17, 15) is 10.1 Å². The average Bonchev–Trinajstić information content (AvgIpc) is 2.58. The normalized spacial score (nSPS) is 11.3. The molecule has 1 heterocycles. The van der Waals surface area contributed by atoms with E-state index in [0.717, 1.165) is 28.3 Å². The van der Waals surface area contributed by atoms with Crippen LogP contribution in [0.1, 0.15) is 11.1 Å². The predicted octanol–water partition coefficient (Wildman–Crippen LogP) is 2.99. The van der Waals surface area contributed by atoms with Gasteiger partial charge in [-0.2, -0.15) is 0 Å². The average molecular weight is 203 g/mol. The summed E-state index contributed by atoms with van der Waals surface area (Å²) in [4.78, 5) is 9.75. The number of nitro groups is 1. The van der Waals surface area contributed by atoms with Gasteiger partial charge in [0.15, 0.2) is 0 Å². The number of hydrogen-bond acceptors (Lipinski definition) is 3. The Morgan fingerprint density at radius 3 is 3.00 bits per heavy atom. The molecule has 1 aromatic heterocycles. The molecule has 2 rings (SSSR count). The quantitative estimate of drug-likeness (QED) is 0.556. The minimum absolute atomic E-state index is 0.478. The van der Waals surface area contributed by atoms with Crippen LogP contribution in [0.2, 0.25) is 0 Å². The zero-order chi connectivity index (χ0) is 10.8. The Kier molecular flexibility index (Phi) is 2.25. The van der Waals surface area contributed by atoms with Crippen molar-refractivity contribution < 1.29 is 9.34 Å². The van der Waals surface area contributed by atoms with Crippen LogP contribution in [-0.2, 0) is 0 Å². The first-order valence-corrected chi connectivity index (χ1v) is 4.47. The minimum atomic E-state index is -0.478. The standard InChI is InChI=1S/C11H9NO3/c1-8-7-15-10-4-2-3-9(11(8)10)5-6-12(13)14/h2-7H,1H3/b6-5+. The molecule has 1 aromatic carbocycles. The van der Waals surface area contributed by atoms with Gasteiger partial charge in [-0.1, -0.05) is 12.1 Å². The number of aryl methyl sites for hydroxylation is 1. The molecule has 0 N–H and O–H groups in total. The van der Waals surface area contributed by atoms with Crippen molar-refractivity contribution in [2.45, 2.75) is 6.92 Å². The van der Waals surface area contributed by atoms with Gasteiger partial charge in [-0.25, -0.2) is 0 Å². The zero-order valence-corrected chi connectivity index (χ0v) is 8.14. The SMILES string of the molecule is Cc1coc2cccc(/C=C/[N+](=O)[O-])c12. The van der Waals surface area contributed by atoms with Gasteiger partial charge in [0.2, 0.25) is 6.20 Å². The van der Waals surface area contributed by atoms with Gasteiger partial charge < -0.3 is 4.42 Å². The fourth-order valence-corrected chi connectivity index (χ4v) is 1.56. The molecular weight excluding hydrogens is 194 g/mol. The van der Waals surface area contributed by atoms with Crippen molar-refractivity contribution in [2.75, 3.05) is 0 Å². The molecule has 0 spiro atoms. The van der Waals surface area contributed by atoms with Crippen molar-refractivity contribution in [3.05, 3.63) is 51.9 Å². The molecule has 0 fully saturated rings. The molecule has 0 aliphatic rings. The highest BCUT2D eigenvalue weighted by Crippen LogP contribution is 2.25. The third-order valence-electron chi connectivity index (χ3n) is 2.19. The van der Waals surface area contributed by atoms with E-state index in [-0.39, 0.29) is 0 Å². The van der Waals surface area contributed by atoms with E-state index < -0.39 is 4.92 Å². The van der Waals surface area contributed by atoms with Crippen LogP contribution in [-0.4, -0.2) is 4.92 Å². The summed E-state index contributed by atoms with van der Waals surface area (Å²) in [6.45, 7) is 1.91. The van der Waals surface area contributed by atoms with Gasteiger partial charge in [0, 0.05) is 11.5 Å². The van der Waals surface area contributed by atoms with Crippen LogP contribution in [0.25, 0.3) is 17.0 Å². The second-order valence-electron chi connectivity index (χ2n) is 3.24. The summed E-state index contributed by atoms with van der Waals surface area (Å²) >= 11 is 0. The van der Waals surface area contributed by atoms with Gasteiger partial charge in [-0.05, 0) is 24.1 Å². The van der Waals surface area contributed by atoms with Crippen LogP contribution < -0.4 is 0 Å². The Morgan fingerprint density at radius 1 is 1.47 bits per heavy atom. The van der Waals surface area contributed by atoms with Gasteiger partial charge >= 0.3 is 0 Å². The number of rotatable bonds is 2. The maximum absolute atomic E-state index is 10.2. The van der Waals surface area contributed by atoms with E-state index in [1.54, 1.807) is 6.26 Å². The first-order chi connectivity index (χ1) is 7.18. The molecule has 4 nitrogen and oxygen atoms in total. The lowest BCUT2D eigenvalue weighted by Crippen LogP contribution is -1.83. The van der Waals surface area contributed by atoms with E-state index >= 15 is 0 Å². The molecule has 4 heteroatoms. The maximum atomic E-state index is 10.2. The zero-order valence-electron chi connectivity index (χ0n) is 8.14. The second kappa shape index (κ2) is 3.57. The predicted molar refractivity (Wildman–Crippen MR) is 57.0 cm³/mol.